The van der Waals surface area contributed by atoms with Crippen molar-refractivity contribution < 1.29 is 13.2 Å². The van der Waals surface area contributed by atoms with E-state index in [0.717, 1.165) is 0 Å². The van der Waals surface area contributed by atoms with Gasteiger partial charge in [-0.15, -0.1) is 0 Å². The van der Waals surface area contributed by atoms with Gasteiger partial charge in [0.1, 0.15) is 11.0 Å². The zero-order valence-corrected chi connectivity index (χ0v) is 14.4. The van der Waals surface area contributed by atoms with E-state index in [1.54, 1.807) is 26.2 Å². The maximum atomic E-state index is 12.3. The smallest absolute Gasteiger partial charge is 0.257 e. The fraction of sp³-hybridized carbons (Fsp3) is 0.538. The van der Waals surface area contributed by atoms with E-state index in [9.17, 15) is 13.2 Å². The Balaban J connectivity index is 2.26. The predicted molar refractivity (Wildman–Crippen MR) is 85.9 cm³/mol. The molecule has 1 fully saturated rings. The fourth-order valence-corrected chi connectivity index (χ4v) is 3.28. The van der Waals surface area contributed by atoms with Crippen LogP contribution in [0.25, 0.3) is 0 Å². The second-order valence-corrected chi connectivity index (χ2v) is 7.72. The van der Waals surface area contributed by atoms with E-state index in [-0.39, 0.29) is 5.91 Å². The van der Waals surface area contributed by atoms with Crippen LogP contribution in [0.15, 0.2) is 12.1 Å². The standard InChI is InChI=1S/C13H19ClN4O3S/c1-16(2)13(19)10-4-5-11(14)15-12(10)17-6-8-18(9-7-17)22(3,20)21/h4-5H,6-9H2,1-3H3. The molecule has 0 radical (unpaired) electrons. The Bertz CT molecular complexity index is 670. The number of nitrogens with zero attached hydrogens (tertiary/aromatic N) is 4. The highest BCUT2D eigenvalue weighted by Crippen LogP contribution is 2.23. The first kappa shape index (κ1) is 17.0. The molecule has 1 aromatic rings. The van der Waals surface area contributed by atoms with Crippen LogP contribution in [-0.2, 0) is 10.0 Å². The summed E-state index contributed by atoms with van der Waals surface area (Å²) >= 11 is 5.95. The van der Waals surface area contributed by atoms with Crippen molar-refractivity contribution in [3.05, 3.63) is 22.8 Å². The van der Waals surface area contributed by atoms with E-state index >= 15 is 0 Å². The van der Waals surface area contributed by atoms with Crippen LogP contribution in [0.3, 0.4) is 0 Å². The normalized spacial score (nSPS) is 16.6. The fourth-order valence-electron chi connectivity index (χ4n) is 2.31. The second kappa shape index (κ2) is 6.39. The van der Waals surface area contributed by atoms with Gasteiger partial charge in [0.05, 0.1) is 11.8 Å². The number of anilines is 1. The summed E-state index contributed by atoms with van der Waals surface area (Å²) in [6, 6.07) is 3.23. The van der Waals surface area contributed by atoms with Crippen LogP contribution in [0, 0.1) is 0 Å². The molecule has 7 nitrogen and oxygen atoms in total. The van der Waals surface area contributed by atoms with Crippen LogP contribution in [0.5, 0.6) is 0 Å². The van der Waals surface area contributed by atoms with Gasteiger partial charge in [-0.1, -0.05) is 11.6 Å². The molecule has 1 aliphatic heterocycles. The van der Waals surface area contributed by atoms with Gasteiger partial charge < -0.3 is 9.80 Å². The lowest BCUT2D eigenvalue weighted by Gasteiger charge is -2.35. The van der Waals surface area contributed by atoms with Crippen molar-refractivity contribution in [1.82, 2.24) is 14.2 Å². The van der Waals surface area contributed by atoms with E-state index < -0.39 is 10.0 Å². The SMILES string of the molecule is CN(C)C(=O)c1ccc(Cl)nc1N1CCN(S(C)(=O)=O)CC1. The van der Waals surface area contributed by atoms with Crippen LogP contribution in [0.2, 0.25) is 5.15 Å². The first-order valence-electron chi connectivity index (χ1n) is 6.78. The molecule has 1 aliphatic rings. The predicted octanol–water partition coefficient (Wildman–Crippen LogP) is 0.518. The Hall–Kier alpha value is -1.38. The molecule has 0 spiro atoms. The summed E-state index contributed by atoms with van der Waals surface area (Å²) in [4.78, 5) is 19.9. The number of aromatic nitrogens is 1. The Morgan fingerprint density at radius 1 is 1.23 bits per heavy atom. The molecule has 22 heavy (non-hydrogen) atoms. The van der Waals surface area contributed by atoms with Crippen molar-refractivity contribution in [1.29, 1.82) is 0 Å². The lowest BCUT2D eigenvalue weighted by molar-refractivity contribution is 0.0827. The molecule has 0 N–H and O–H groups in total. The molecule has 0 atom stereocenters. The number of sulfonamides is 1. The number of hydrogen-bond donors (Lipinski definition) is 0. The van der Waals surface area contributed by atoms with Gasteiger partial charge in [0.25, 0.3) is 5.91 Å². The van der Waals surface area contributed by atoms with E-state index in [1.807, 2.05) is 4.90 Å². The molecule has 122 valence electrons. The minimum atomic E-state index is -3.19. The highest BCUT2D eigenvalue weighted by atomic mass is 35.5. The van der Waals surface area contributed by atoms with Crippen molar-refractivity contribution >= 4 is 33.3 Å². The number of pyridine rings is 1. The summed E-state index contributed by atoms with van der Waals surface area (Å²) in [6.07, 6.45) is 1.20. The Labute approximate surface area is 135 Å². The number of carbonyl (C=O) groups is 1. The molecule has 1 amide bonds. The molecular weight excluding hydrogens is 328 g/mol. The summed E-state index contributed by atoms with van der Waals surface area (Å²) in [5.41, 5.74) is 0.460. The molecule has 0 aliphatic carbocycles. The second-order valence-electron chi connectivity index (χ2n) is 5.35. The Morgan fingerprint density at radius 2 is 1.82 bits per heavy atom. The summed E-state index contributed by atoms with van der Waals surface area (Å²) < 4.78 is 24.5. The first-order valence-corrected chi connectivity index (χ1v) is 9.01. The van der Waals surface area contributed by atoms with Crippen molar-refractivity contribution in [3.8, 4) is 0 Å². The number of hydrogen-bond acceptors (Lipinski definition) is 5. The van der Waals surface area contributed by atoms with Gasteiger partial charge in [-0.2, -0.15) is 4.31 Å². The molecule has 0 bridgehead atoms. The number of carbonyl (C=O) groups excluding carboxylic acids is 1. The minimum Gasteiger partial charge on any atom is -0.353 e. The number of piperazine rings is 1. The summed E-state index contributed by atoms with van der Waals surface area (Å²) in [5, 5.41) is 0.302. The van der Waals surface area contributed by atoms with Gasteiger partial charge in [-0.25, -0.2) is 13.4 Å². The van der Waals surface area contributed by atoms with E-state index in [2.05, 4.69) is 4.98 Å². The molecule has 0 unspecified atom stereocenters. The average Bonchev–Trinajstić information content (AvgIpc) is 2.45. The van der Waals surface area contributed by atoms with E-state index in [1.165, 1.54) is 15.5 Å². The Kier molecular flexibility index (Phi) is 4.93. The molecule has 0 aromatic carbocycles. The van der Waals surface area contributed by atoms with E-state index in [4.69, 9.17) is 11.6 Å². The summed E-state index contributed by atoms with van der Waals surface area (Å²) in [7, 11) is 0.143. The van der Waals surface area contributed by atoms with Crippen molar-refractivity contribution in [2.45, 2.75) is 0 Å². The third-order valence-corrected chi connectivity index (χ3v) is 5.00. The van der Waals surface area contributed by atoms with Gasteiger partial charge in [0.2, 0.25) is 10.0 Å². The highest BCUT2D eigenvalue weighted by Gasteiger charge is 2.27. The third kappa shape index (κ3) is 3.68. The topological polar surface area (TPSA) is 73.8 Å². The molecule has 2 rings (SSSR count). The monoisotopic (exact) mass is 346 g/mol. The molecule has 9 heteroatoms. The zero-order chi connectivity index (χ0) is 16.5. The van der Waals surface area contributed by atoms with Crippen LogP contribution in [0.4, 0.5) is 5.82 Å². The average molecular weight is 347 g/mol. The third-order valence-electron chi connectivity index (χ3n) is 3.48. The quantitative estimate of drug-likeness (QED) is 0.746. The number of rotatable bonds is 3. The molecule has 1 aromatic heterocycles. The van der Waals surface area contributed by atoms with Crippen LogP contribution >= 0.6 is 11.6 Å². The minimum absolute atomic E-state index is 0.162. The zero-order valence-electron chi connectivity index (χ0n) is 12.8. The van der Waals surface area contributed by atoms with E-state index in [0.29, 0.717) is 42.7 Å². The first-order chi connectivity index (χ1) is 10.2. The maximum Gasteiger partial charge on any atom is 0.257 e. The maximum absolute atomic E-state index is 12.3. The van der Waals surface area contributed by atoms with Crippen LogP contribution in [-0.4, -0.2) is 75.0 Å². The van der Waals surface area contributed by atoms with Crippen LogP contribution < -0.4 is 4.90 Å². The van der Waals surface area contributed by atoms with Gasteiger partial charge in [-0.05, 0) is 12.1 Å². The van der Waals surface area contributed by atoms with Crippen LogP contribution in [0.1, 0.15) is 10.4 Å². The largest absolute Gasteiger partial charge is 0.353 e. The van der Waals surface area contributed by atoms with Crippen molar-refractivity contribution in [2.75, 3.05) is 51.4 Å². The molecule has 2 heterocycles. The van der Waals surface area contributed by atoms with Crippen molar-refractivity contribution in [3.63, 3.8) is 0 Å². The molecular formula is C13H19ClN4O3S. The lowest BCUT2D eigenvalue weighted by Crippen LogP contribution is -2.49. The number of amides is 1. The van der Waals surface area contributed by atoms with Gasteiger partial charge in [0, 0.05) is 40.3 Å². The van der Waals surface area contributed by atoms with Gasteiger partial charge in [-0.3, -0.25) is 4.79 Å². The summed E-state index contributed by atoms with van der Waals surface area (Å²) in [6.45, 7) is 1.66. The summed E-state index contributed by atoms with van der Waals surface area (Å²) in [5.74, 6) is 0.337. The van der Waals surface area contributed by atoms with Gasteiger partial charge in [0.15, 0.2) is 0 Å². The van der Waals surface area contributed by atoms with Gasteiger partial charge >= 0.3 is 0 Å². The molecule has 1 saturated heterocycles. The van der Waals surface area contributed by atoms with Crippen molar-refractivity contribution in [2.24, 2.45) is 0 Å². The molecule has 0 saturated carbocycles. The highest BCUT2D eigenvalue weighted by molar-refractivity contribution is 7.88. The lowest BCUT2D eigenvalue weighted by atomic mass is 10.2. The Morgan fingerprint density at radius 3 is 2.32 bits per heavy atom. The number of halogens is 1.